The Balaban J connectivity index is 4.15. The van der Waals surface area contributed by atoms with Gasteiger partial charge in [0.05, 0.1) is 0 Å². The first-order valence-electron chi connectivity index (χ1n) is 3.29. The van der Waals surface area contributed by atoms with Crippen molar-refractivity contribution in [3.63, 3.8) is 0 Å². The quantitative estimate of drug-likeness (QED) is 0.324. The van der Waals surface area contributed by atoms with Crippen molar-refractivity contribution in [1.82, 2.24) is 0 Å². The molecule has 0 aliphatic rings. The van der Waals surface area contributed by atoms with Crippen LogP contribution >= 0.6 is 9.24 Å². The van der Waals surface area contributed by atoms with Crippen LogP contribution in [-0.4, -0.2) is 0 Å². The van der Waals surface area contributed by atoms with E-state index in [2.05, 4.69) is 28.2 Å². The summed E-state index contributed by atoms with van der Waals surface area (Å²) >= 11 is 0. The third kappa shape index (κ3) is 4.36. The highest BCUT2D eigenvalue weighted by atomic mass is 31.0. The smallest absolute Gasteiger partial charge is 0.00922 e. The zero-order valence-corrected chi connectivity index (χ0v) is 7.67. The van der Waals surface area contributed by atoms with Crippen molar-refractivity contribution >= 4 is 9.24 Å². The zero-order valence-electron chi connectivity index (χ0n) is 6.52. The van der Waals surface area contributed by atoms with E-state index in [1.165, 1.54) is 5.31 Å². The van der Waals surface area contributed by atoms with E-state index in [-0.39, 0.29) is 0 Å². The van der Waals surface area contributed by atoms with Crippen LogP contribution < -0.4 is 0 Å². The molecule has 1 unspecified atom stereocenters. The third-order valence-corrected chi connectivity index (χ3v) is 1.71. The summed E-state index contributed by atoms with van der Waals surface area (Å²) in [7, 11) is 2.68. The molecule has 0 aromatic rings. The van der Waals surface area contributed by atoms with Gasteiger partial charge in [0.1, 0.15) is 0 Å². The molecule has 0 saturated carbocycles. The van der Waals surface area contributed by atoms with Gasteiger partial charge in [-0.15, -0.1) is 15.7 Å². The maximum atomic E-state index is 5.08. The second-order valence-corrected chi connectivity index (χ2v) is 2.87. The molecule has 0 radical (unpaired) electrons. The van der Waals surface area contributed by atoms with Crippen molar-refractivity contribution in [2.75, 3.05) is 0 Å². The van der Waals surface area contributed by atoms with E-state index in [4.69, 9.17) is 6.42 Å². The maximum Gasteiger partial charge on any atom is -0.00922 e. The Morgan fingerprint density at radius 3 is 2.70 bits per heavy atom. The fourth-order valence-corrected chi connectivity index (χ4v) is 0.830. The molecule has 54 valence electrons. The summed E-state index contributed by atoms with van der Waals surface area (Å²) in [6, 6.07) is 0. The lowest BCUT2D eigenvalue weighted by Gasteiger charge is -1.93. The van der Waals surface area contributed by atoms with Crippen LogP contribution in [0.5, 0.6) is 0 Å². The molecule has 0 aromatic carbocycles. The fourth-order valence-electron chi connectivity index (χ4n) is 0.568. The minimum Gasteiger partial charge on any atom is -0.115 e. The largest absolute Gasteiger partial charge is 0.115 e. The van der Waals surface area contributed by atoms with Gasteiger partial charge in [-0.05, 0) is 25.0 Å². The summed E-state index contributed by atoms with van der Waals surface area (Å²) in [5.74, 6) is 2.48. The third-order valence-electron chi connectivity index (χ3n) is 1.13. The summed E-state index contributed by atoms with van der Waals surface area (Å²) in [4.78, 5) is 0. The Labute approximate surface area is 65.6 Å². The van der Waals surface area contributed by atoms with Gasteiger partial charge >= 0.3 is 0 Å². The predicted molar refractivity (Wildman–Crippen MR) is 50.7 cm³/mol. The summed E-state index contributed by atoms with van der Waals surface area (Å²) in [5, 5.41) is 1.28. The molecule has 0 N–H and O–H groups in total. The monoisotopic (exact) mass is 152 g/mol. The second kappa shape index (κ2) is 5.27. The highest BCUT2D eigenvalue weighted by Gasteiger charge is 1.83. The minimum absolute atomic E-state index is 1.06. The van der Waals surface area contributed by atoms with Crippen LogP contribution in [0.1, 0.15) is 20.3 Å². The summed E-state index contributed by atoms with van der Waals surface area (Å²) in [5.41, 5.74) is 1.13. The first-order chi connectivity index (χ1) is 4.70. The second-order valence-electron chi connectivity index (χ2n) is 2.13. The van der Waals surface area contributed by atoms with Crippen LogP contribution in [0.3, 0.4) is 0 Å². The first kappa shape index (κ1) is 9.47. The van der Waals surface area contributed by atoms with Gasteiger partial charge in [-0.3, -0.25) is 0 Å². The molecule has 0 fully saturated rings. The molecule has 0 saturated heterocycles. The van der Waals surface area contributed by atoms with Gasteiger partial charge in [-0.1, -0.05) is 24.2 Å². The standard InChI is InChI=1S/C9H13P/c1-4-6-8(3)7-9(10)5-2/h1,6-7H,5,10H2,2-3H3/b8-6-,9-7+. The maximum absolute atomic E-state index is 5.08. The summed E-state index contributed by atoms with van der Waals surface area (Å²) < 4.78 is 0. The normalized spacial score (nSPS) is 13.0. The number of terminal acetylenes is 1. The first-order valence-corrected chi connectivity index (χ1v) is 3.87. The molecular weight excluding hydrogens is 139 g/mol. The summed E-state index contributed by atoms with van der Waals surface area (Å²) in [6.07, 6.45) is 9.98. The molecule has 0 rings (SSSR count). The van der Waals surface area contributed by atoms with E-state index < -0.39 is 0 Å². The van der Waals surface area contributed by atoms with E-state index in [0.717, 1.165) is 12.0 Å². The van der Waals surface area contributed by atoms with Gasteiger partial charge in [0.15, 0.2) is 0 Å². The molecule has 0 heterocycles. The lowest BCUT2D eigenvalue weighted by molar-refractivity contribution is 1.19. The minimum atomic E-state index is 1.06. The van der Waals surface area contributed by atoms with Gasteiger partial charge in [0.2, 0.25) is 0 Å². The molecule has 0 bridgehead atoms. The molecule has 0 aromatic heterocycles. The van der Waals surface area contributed by atoms with E-state index >= 15 is 0 Å². The number of allylic oxidation sites excluding steroid dienone is 4. The Morgan fingerprint density at radius 2 is 2.30 bits per heavy atom. The highest BCUT2D eigenvalue weighted by molar-refractivity contribution is 7.22. The van der Waals surface area contributed by atoms with Gasteiger partial charge in [0, 0.05) is 0 Å². The lowest BCUT2D eigenvalue weighted by atomic mass is 10.2. The molecular formula is C9H13P. The van der Waals surface area contributed by atoms with Crippen LogP contribution in [0.2, 0.25) is 0 Å². The Morgan fingerprint density at radius 1 is 1.70 bits per heavy atom. The van der Waals surface area contributed by atoms with E-state index in [9.17, 15) is 0 Å². The SMILES string of the molecule is C#C/C=C(C)\C=C(\P)CC. The van der Waals surface area contributed by atoms with Gasteiger partial charge in [-0.2, -0.15) is 0 Å². The van der Waals surface area contributed by atoms with Crippen molar-refractivity contribution < 1.29 is 0 Å². The zero-order chi connectivity index (χ0) is 7.98. The van der Waals surface area contributed by atoms with Gasteiger partial charge in [-0.25, -0.2) is 0 Å². The molecule has 1 atom stereocenters. The molecule has 10 heavy (non-hydrogen) atoms. The Kier molecular flexibility index (Phi) is 4.99. The average molecular weight is 152 g/mol. The number of rotatable bonds is 2. The average Bonchev–Trinajstić information content (AvgIpc) is 1.88. The molecule has 1 heteroatoms. The predicted octanol–water partition coefficient (Wildman–Crippen LogP) is 2.73. The number of hydrogen-bond acceptors (Lipinski definition) is 0. The topological polar surface area (TPSA) is 0 Å². The molecule has 0 spiro atoms. The lowest BCUT2D eigenvalue weighted by Crippen LogP contribution is -1.70. The molecule has 0 nitrogen and oxygen atoms in total. The van der Waals surface area contributed by atoms with Gasteiger partial charge in [0.25, 0.3) is 0 Å². The molecule has 0 aliphatic heterocycles. The fraction of sp³-hybridized carbons (Fsp3) is 0.333. The van der Waals surface area contributed by atoms with Crippen LogP contribution in [-0.2, 0) is 0 Å². The molecule has 0 amide bonds. The van der Waals surface area contributed by atoms with E-state index in [0.29, 0.717) is 0 Å². The van der Waals surface area contributed by atoms with Crippen molar-refractivity contribution in [1.29, 1.82) is 0 Å². The van der Waals surface area contributed by atoms with Crippen LogP contribution in [0.15, 0.2) is 23.0 Å². The van der Waals surface area contributed by atoms with Crippen LogP contribution in [0.4, 0.5) is 0 Å². The van der Waals surface area contributed by atoms with E-state index in [1.54, 1.807) is 6.08 Å². The number of hydrogen-bond donors (Lipinski definition) is 0. The van der Waals surface area contributed by atoms with Crippen molar-refractivity contribution in [3.8, 4) is 12.3 Å². The van der Waals surface area contributed by atoms with Crippen molar-refractivity contribution in [2.24, 2.45) is 0 Å². The summed E-state index contributed by atoms with van der Waals surface area (Å²) in [6.45, 7) is 4.11. The van der Waals surface area contributed by atoms with Crippen LogP contribution in [0, 0.1) is 12.3 Å². The van der Waals surface area contributed by atoms with Gasteiger partial charge < -0.3 is 0 Å². The van der Waals surface area contributed by atoms with E-state index in [1.807, 2.05) is 6.92 Å². The van der Waals surface area contributed by atoms with Crippen molar-refractivity contribution in [3.05, 3.63) is 23.0 Å². The Bertz CT molecular complexity index is 191. The highest BCUT2D eigenvalue weighted by Crippen LogP contribution is 2.12. The Hall–Kier alpha value is -0.530. The van der Waals surface area contributed by atoms with Crippen molar-refractivity contribution in [2.45, 2.75) is 20.3 Å². The van der Waals surface area contributed by atoms with Crippen LogP contribution in [0.25, 0.3) is 0 Å². The molecule has 0 aliphatic carbocycles.